The fourth-order valence-electron chi connectivity index (χ4n) is 3.95. The number of nitrogens with zero attached hydrogens (tertiary/aromatic N) is 2. The van der Waals surface area contributed by atoms with Gasteiger partial charge in [-0.1, -0.05) is 18.2 Å². The zero-order valence-electron chi connectivity index (χ0n) is 15.8. The predicted molar refractivity (Wildman–Crippen MR) is 105 cm³/mol. The van der Waals surface area contributed by atoms with Crippen molar-refractivity contribution in [3.63, 3.8) is 0 Å². The number of benzene rings is 1. The Morgan fingerprint density at radius 1 is 1.22 bits per heavy atom. The first-order valence-electron chi connectivity index (χ1n) is 9.48. The molecular weight excluding hydrogens is 363 g/mol. The summed E-state index contributed by atoms with van der Waals surface area (Å²) in [5.74, 6) is 0.212. The molecule has 2 aliphatic rings. The summed E-state index contributed by atoms with van der Waals surface area (Å²) in [4.78, 5) is 4.37. The van der Waals surface area contributed by atoms with Gasteiger partial charge in [0.1, 0.15) is 11.5 Å². The maximum Gasteiger partial charge on any atom is 0.152 e. The van der Waals surface area contributed by atoms with Crippen LogP contribution in [0.4, 0.5) is 4.39 Å². The van der Waals surface area contributed by atoms with Crippen molar-refractivity contribution in [2.45, 2.75) is 44.8 Å². The Labute approximate surface area is 160 Å². The van der Waals surface area contributed by atoms with Gasteiger partial charge in [0.15, 0.2) is 9.84 Å². The average Bonchev–Trinajstić information content (AvgIpc) is 3.03. The number of rotatable bonds is 5. The number of aliphatic imine (C=N–C) groups is 1. The van der Waals surface area contributed by atoms with Gasteiger partial charge in [-0.15, -0.1) is 0 Å². The quantitative estimate of drug-likeness (QED) is 0.758. The molecule has 27 heavy (non-hydrogen) atoms. The topological polar surface area (TPSA) is 70.3 Å². The lowest BCUT2D eigenvalue weighted by atomic mass is 9.79. The maximum atomic E-state index is 15.1. The van der Waals surface area contributed by atoms with Crippen LogP contribution in [0, 0.1) is 23.2 Å². The van der Waals surface area contributed by atoms with Gasteiger partial charge in [-0.05, 0) is 63.0 Å². The Hall–Kier alpha value is -2.00. The lowest BCUT2D eigenvalue weighted by Crippen LogP contribution is -2.27. The molecule has 0 N–H and O–H groups in total. The molecule has 0 amide bonds. The molecule has 1 heterocycles. The molecule has 4 nitrogen and oxygen atoms in total. The van der Waals surface area contributed by atoms with Crippen LogP contribution in [-0.4, -0.2) is 31.7 Å². The molecule has 1 aliphatic heterocycles. The molecule has 1 aromatic carbocycles. The van der Waals surface area contributed by atoms with Gasteiger partial charge in [0.2, 0.25) is 0 Å². The number of halogens is 1. The number of allylic oxidation sites excluding steroid dienone is 1. The van der Waals surface area contributed by atoms with Crippen molar-refractivity contribution in [2.24, 2.45) is 16.8 Å². The van der Waals surface area contributed by atoms with Crippen LogP contribution in [0.25, 0.3) is 0 Å². The Morgan fingerprint density at radius 2 is 1.89 bits per heavy atom. The van der Waals surface area contributed by atoms with Crippen LogP contribution in [0.2, 0.25) is 0 Å². The fourth-order valence-corrected chi connectivity index (χ4v) is 5.33. The van der Waals surface area contributed by atoms with Crippen molar-refractivity contribution in [3.8, 4) is 6.07 Å². The number of hydrogen-bond donors (Lipinski definition) is 0. The summed E-state index contributed by atoms with van der Waals surface area (Å²) >= 11 is 0. The summed E-state index contributed by atoms with van der Waals surface area (Å²) in [5, 5.41) is 8.90. The molecule has 0 bridgehead atoms. The van der Waals surface area contributed by atoms with Gasteiger partial charge in [0.05, 0.1) is 29.2 Å². The average molecular weight is 389 g/mol. The molecule has 0 spiro atoms. The van der Waals surface area contributed by atoms with Gasteiger partial charge in [0.25, 0.3) is 0 Å². The van der Waals surface area contributed by atoms with Gasteiger partial charge in [-0.25, -0.2) is 12.8 Å². The summed E-state index contributed by atoms with van der Waals surface area (Å²) in [6.07, 6.45) is 3.20. The first-order chi connectivity index (χ1) is 12.8. The molecule has 0 atom stereocenters. The van der Waals surface area contributed by atoms with Crippen LogP contribution in [-0.2, 0) is 9.84 Å². The Morgan fingerprint density at radius 3 is 2.52 bits per heavy atom. The van der Waals surface area contributed by atoms with Gasteiger partial charge < -0.3 is 0 Å². The highest BCUT2D eigenvalue weighted by molar-refractivity contribution is 7.91. The van der Waals surface area contributed by atoms with Crippen molar-refractivity contribution in [1.82, 2.24) is 0 Å². The fraction of sp³-hybridized carbons (Fsp3) is 0.524. The second-order valence-electron chi connectivity index (χ2n) is 7.76. The highest BCUT2D eigenvalue weighted by Crippen LogP contribution is 2.38. The molecule has 6 heteroatoms. The summed E-state index contributed by atoms with van der Waals surface area (Å²) in [6.45, 7) is 3.77. The smallest absolute Gasteiger partial charge is 0.152 e. The first-order valence-corrected chi connectivity index (χ1v) is 11.2. The molecule has 0 aromatic heterocycles. The molecule has 1 saturated carbocycles. The second-order valence-corrected chi connectivity index (χ2v) is 10.4. The van der Waals surface area contributed by atoms with Crippen LogP contribution in [0.5, 0.6) is 0 Å². The number of nitriles is 1. The minimum absolute atomic E-state index is 0.110. The Balaban J connectivity index is 1.69. The van der Waals surface area contributed by atoms with E-state index in [0.717, 1.165) is 25.7 Å². The summed E-state index contributed by atoms with van der Waals surface area (Å²) in [5.41, 5.74) is 1.97. The van der Waals surface area contributed by atoms with Gasteiger partial charge >= 0.3 is 0 Å². The van der Waals surface area contributed by atoms with E-state index in [4.69, 9.17) is 0 Å². The first kappa shape index (κ1) is 19.8. The van der Waals surface area contributed by atoms with Crippen LogP contribution < -0.4 is 0 Å². The van der Waals surface area contributed by atoms with E-state index in [2.05, 4.69) is 11.1 Å². The molecule has 1 aromatic rings. The third-order valence-corrected chi connectivity index (χ3v) is 8.10. The summed E-state index contributed by atoms with van der Waals surface area (Å²) in [7, 11) is -3.04. The van der Waals surface area contributed by atoms with Gasteiger partial charge in [-0.3, -0.25) is 4.99 Å². The van der Waals surface area contributed by atoms with Crippen LogP contribution in [0.1, 0.15) is 50.7 Å². The molecule has 144 valence electrons. The molecular formula is C21H25FN2O2S. The minimum Gasteiger partial charge on any atom is -0.277 e. The van der Waals surface area contributed by atoms with Crippen molar-refractivity contribution >= 4 is 15.5 Å². The SMILES string of the molecule is CC(C)S(=O)(=O)CC1CCC(C2=C(F)C(c3ccccc3C#N)=NC2)CC1. The van der Waals surface area contributed by atoms with Crippen molar-refractivity contribution < 1.29 is 12.8 Å². The predicted octanol–water partition coefficient (Wildman–Crippen LogP) is 4.21. The highest BCUT2D eigenvalue weighted by Gasteiger charge is 2.32. The second kappa shape index (κ2) is 7.93. The van der Waals surface area contributed by atoms with Crippen LogP contribution >= 0.6 is 0 Å². The lowest BCUT2D eigenvalue weighted by Gasteiger charge is -2.29. The van der Waals surface area contributed by atoms with Gasteiger partial charge in [-0.2, -0.15) is 5.26 Å². The molecule has 0 radical (unpaired) electrons. The van der Waals surface area contributed by atoms with Crippen LogP contribution in [0.3, 0.4) is 0 Å². The van der Waals surface area contributed by atoms with Gasteiger partial charge in [0, 0.05) is 5.56 Å². The minimum atomic E-state index is -3.04. The molecule has 1 aliphatic carbocycles. The molecule has 3 rings (SSSR count). The summed E-state index contributed by atoms with van der Waals surface area (Å²) in [6, 6.07) is 9.04. The Bertz CT molecular complexity index is 918. The van der Waals surface area contributed by atoms with E-state index < -0.39 is 9.84 Å². The standard InChI is InChI=1S/C21H25FN2O2S/c1-14(2)27(25,26)13-15-7-9-16(10-8-15)19-12-24-21(20(19)22)18-6-4-3-5-17(18)11-23/h3-6,14-16H,7-10,12-13H2,1-2H3. The van der Waals surface area contributed by atoms with Crippen LogP contribution in [0.15, 0.2) is 40.7 Å². The van der Waals surface area contributed by atoms with E-state index in [0.29, 0.717) is 23.2 Å². The van der Waals surface area contributed by atoms with E-state index in [9.17, 15) is 13.7 Å². The van der Waals surface area contributed by atoms with E-state index in [-0.39, 0.29) is 34.4 Å². The van der Waals surface area contributed by atoms with Crippen molar-refractivity contribution in [2.75, 3.05) is 12.3 Å². The lowest BCUT2D eigenvalue weighted by molar-refractivity contribution is 0.316. The maximum absolute atomic E-state index is 15.1. The monoisotopic (exact) mass is 388 g/mol. The largest absolute Gasteiger partial charge is 0.277 e. The normalized spacial score (nSPS) is 23.4. The zero-order valence-corrected chi connectivity index (χ0v) is 16.6. The third kappa shape index (κ3) is 4.14. The molecule has 0 saturated heterocycles. The third-order valence-electron chi connectivity index (χ3n) is 5.73. The number of sulfone groups is 1. The van der Waals surface area contributed by atoms with Crippen molar-refractivity contribution in [1.29, 1.82) is 5.26 Å². The van der Waals surface area contributed by atoms with E-state index in [1.807, 2.05) is 0 Å². The molecule has 0 unspecified atom stereocenters. The molecule has 1 fully saturated rings. The number of hydrogen-bond acceptors (Lipinski definition) is 4. The Kier molecular flexibility index (Phi) is 5.81. The van der Waals surface area contributed by atoms with E-state index in [1.54, 1.807) is 38.1 Å². The summed E-state index contributed by atoms with van der Waals surface area (Å²) < 4.78 is 39.3. The van der Waals surface area contributed by atoms with Crippen molar-refractivity contribution in [3.05, 3.63) is 46.8 Å². The van der Waals surface area contributed by atoms with E-state index >= 15 is 4.39 Å². The zero-order chi connectivity index (χ0) is 19.6. The van der Waals surface area contributed by atoms with E-state index in [1.165, 1.54) is 0 Å². The highest BCUT2D eigenvalue weighted by atomic mass is 32.2.